The first-order valence-corrected chi connectivity index (χ1v) is 43.0. The summed E-state index contributed by atoms with van der Waals surface area (Å²) in [4.78, 5) is 104. The molecule has 116 heavy (non-hydrogen) atoms. The molecule has 25 nitrogen and oxygen atoms in total. The van der Waals surface area contributed by atoms with Crippen LogP contribution in [0.25, 0.3) is 0 Å². The van der Waals surface area contributed by atoms with Crippen molar-refractivity contribution in [2.75, 3.05) is 115 Å². The molecule has 3 fully saturated rings. The molecule has 6 aromatic rings. The molecule has 3 saturated heterocycles. The Balaban J connectivity index is 0.000000184. The second kappa shape index (κ2) is 42.3. The van der Waals surface area contributed by atoms with Gasteiger partial charge in [-0.25, -0.2) is 69.3 Å². The fraction of sp³-hybridized carbons (Fsp3) is 0.440. The Morgan fingerprint density at radius 1 is 0.543 bits per heavy atom. The normalized spacial score (nSPS) is 21.6. The minimum atomic E-state index is -3.00. The third-order valence-corrected chi connectivity index (χ3v) is 24.5. The third kappa shape index (κ3) is 25.4. The van der Waals surface area contributed by atoms with Gasteiger partial charge >= 0.3 is 35.8 Å². The summed E-state index contributed by atoms with van der Waals surface area (Å²) in [6.07, 6.45) is 3.23. The lowest BCUT2D eigenvalue weighted by molar-refractivity contribution is -0.143. The standard InChI is InChI=1S/C25H26BrF3N4O4S2.C25H27BrF2N4O5S.C25H26ClF3N4O4S2/c1-2-37-24(36)20-18(10-33-9-14(8-25(28,29)13-33)11-38-12-19(34)35)31-22(23-30-5-6-39-23)32-21(20)16-4-3-15(27)7-17(16)26;1-2-37-25(35)21-19(11-32-9-14(7-16(28)10-32)12-36-13-20(33)34)30-23(24-29-5-6-38-24)31-22(21)17-4-3-15(27)8-18(17)26;1-2-37-24(36)20-18(10-33-9-14(8-25(28,29)13-33)11-38-12-19(34)35)31-22(23-30-5-6-39-23)32-21(20)16-4-3-15(27)7-17(16)26/h3-7,14,21H,2,8-13H2,1H3,(H,31,32)(H,34,35);3-6,8,14,16,22H,2,7,9-13H2,1H3,(H,30,31)(H,33,34);3-7,14,21H,2,8-13H2,1H3,(H,31,32)(H,34,35)/t14?,21-;14?,16?,22-;14?,21-/m000/s1. The number of hydrogen-bond donors (Lipinski definition) is 6. The van der Waals surface area contributed by atoms with E-state index in [0.717, 1.165) is 29.6 Å². The number of aliphatic imine (C=N–C) groups is 3. The smallest absolute Gasteiger partial charge is 0.338 e. The molecule has 7 atom stereocenters. The van der Waals surface area contributed by atoms with Crippen LogP contribution in [-0.4, -0.2) is 231 Å². The quantitative estimate of drug-likeness (QED) is 0.0139. The monoisotopic (exact) mass is 1860 g/mol. The molecule has 6 aliphatic heterocycles. The number of hydrogen-bond acceptors (Lipinski definition) is 27. The first-order chi connectivity index (χ1) is 55.4. The van der Waals surface area contributed by atoms with E-state index >= 15 is 0 Å². The summed E-state index contributed by atoms with van der Waals surface area (Å²) in [5.74, 6) is -12.4. The van der Waals surface area contributed by atoms with Crippen LogP contribution in [0, 0.1) is 35.2 Å². The Labute approximate surface area is 703 Å². The number of aromatic nitrogens is 3. The number of ether oxygens (including phenoxy) is 4. The van der Waals surface area contributed by atoms with Gasteiger partial charge in [0.15, 0.2) is 32.5 Å². The van der Waals surface area contributed by atoms with Crippen molar-refractivity contribution in [2.24, 2.45) is 32.7 Å². The predicted molar refractivity (Wildman–Crippen MR) is 431 cm³/mol. The number of alkyl halides is 5. The topological polar surface area (TPSA) is 322 Å². The number of nitrogens with zero attached hydrogens (tertiary/aromatic N) is 9. The van der Waals surface area contributed by atoms with Gasteiger partial charge in [-0.3, -0.25) is 39.3 Å². The van der Waals surface area contributed by atoms with E-state index in [0.29, 0.717) is 81.8 Å². The highest BCUT2D eigenvalue weighted by atomic mass is 79.9. The van der Waals surface area contributed by atoms with Crippen molar-refractivity contribution in [2.45, 2.75) is 76.2 Å². The first kappa shape index (κ1) is 90.6. The van der Waals surface area contributed by atoms with Crippen LogP contribution in [0.5, 0.6) is 0 Å². The summed E-state index contributed by atoms with van der Waals surface area (Å²) in [7, 11) is 0. The van der Waals surface area contributed by atoms with Crippen LogP contribution in [-0.2, 0) is 47.7 Å². The van der Waals surface area contributed by atoms with E-state index in [9.17, 15) is 63.9 Å². The minimum absolute atomic E-state index is 0.0382. The van der Waals surface area contributed by atoms with Gasteiger partial charge in [0.05, 0.1) is 67.7 Å². The molecule has 12 rings (SSSR count). The number of piperidine rings is 3. The maximum atomic E-state index is 14.8. The van der Waals surface area contributed by atoms with Gasteiger partial charge in [-0.2, -0.15) is 0 Å². The van der Waals surface area contributed by atoms with Crippen LogP contribution in [0.1, 0.15) is 89.9 Å². The molecule has 3 aromatic heterocycles. The highest BCUT2D eigenvalue weighted by Gasteiger charge is 2.45. The number of halogens is 11. The molecular formula is C75H79Br2ClF8N12O13S5. The van der Waals surface area contributed by atoms with Gasteiger partial charge in [-0.15, -0.1) is 57.5 Å². The van der Waals surface area contributed by atoms with Crippen LogP contribution in [0.15, 0.2) is 147 Å². The Morgan fingerprint density at radius 2 is 0.914 bits per heavy atom. The van der Waals surface area contributed by atoms with Gasteiger partial charge in [-0.05, 0) is 104 Å². The number of benzene rings is 3. The van der Waals surface area contributed by atoms with Gasteiger partial charge < -0.3 is 50.2 Å². The van der Waals surface area contributed by atoms with E-state index < -0.39 is 121 Å². The van der Waals surface area contributed by atoms with Gasteiger partial charge in [-0.1, -0.05) is 61.7 Å². The molecular weight excluding hydrogens is 1780 g/mol. The molecule has 6 aliphatic rings. The SMILES string of the molecule is CCOC(=O)C1=C(CN2CC(CSCC(=O)O)CC(F)(F)C2)NC(c2nccs2)=N[C@H]1c1ccc(F)cc1Br.CCOC(=O)C1=C(CN2CC(CSCC(=O)O)CC(F)(F)C2)NC(c2nccs2)=N[C@H]1c1ccc(F)cc1Cl.CCOC(=O)C1=C(CN2CC(F)CC(COCC(=O)O)C2)NC(c2nccs2)=N[C@H]1c1ccc(F)cc1Br. The van der Waals surface area contributed by atoms with E-state index in [1.54, 1.807) is 66.5 Å². The molecule has 0 amide bonds. The number of aliphatic carboxylic acids is 3. The van der Waals surface area contributed by atoms with Crippen molar-refractivity contribution in [3.8, 4) is 0 Å². The summed E-state index contributed by atoms with van der Waals surface area (Å²) < 4.78 is 138. The number of likely N-dealkylation sites (tertiary alicyclic amines) is 3. The molecule has 9 heterocycles. The molecule has 6 N–H and O–H groups in total. The average molecular weight is 1860 g/mol. The summed E-state index contributed by atoms with van der Waals surface area (Å²) in [6, 6.07) is 9.19. The Morgan fingerprint density at radius 3 is 1.27 bits per heavy atom. The predicted octanol–water partition coefficient (Wildman–Crippen LogP) is 13.1. The minimum Gasteiger partial charge on any atom is -0.481 e. The summed E-state index contributed by atoms with van der Waals surface area (Å²) in [6.45, 7) is 5.07. The van der Waals surface area contributed by atoms with Crippen molar-refractivity contribution in [3.05, 3.63) is 186 Å². The highest BCUT2D eigenvalue weighted by molar-refractivity contribution is 9.10. The summed E-state index contributed by atoms with van der Waals surface area (Å²) in [5, 5.41) is 43.1. The lowest BCUT2D eigenvalue weighted by atomic mass is 9.93. The molecule has 0 saturated carbocycles. The zero-order valence-corrected chi connectivity index (χ0v) is 70.2. The zero-order chi connectivity index (χ0) is 83.5. The zero-order valence-electron chi connectivity index (χ0n) is 62.2. The Kier molecular flexibility index (Phi) is 33.0. The Hall–Kier alpha value is -7.77. The molecule has 0 spiro atoms. The van der Waals surface area contributed by atoms with Crippen LogP contribution in [0.2, 0.25) is 5.02 Å². The van der Waals surface area contributed by atoms with Crippen molar-refractivity contribution in [3.63, 3.8) is 0 Å². The lowest BCUT2D eigenvalue weighted by Crippen LogP contribution is -2.50. The van der Waals surface area contributed by atoms with Crippen LogP contribution in [0.4, 0.5) is 35.1 Å². The van der Waals surface area contributed by atoms with Crippen molar-refractivity contribution in [1.82, 2.24) is 45.6 Å². The number of carboxylic acids is 3. The number of carbonyl (C=O) groups is 6. The lowest BCUT2D eigenvalue weighted by Gasteiger charge is -2.39. The second-order valence-corrected chi connectivity index (χ2v) is 34.0. The van der Waals surface area contributed by atoms with E-state index in [-0.39, 0.29) is 136 Å². The maximum absolute atomic E-state index is 14.8. The fourth-order valence-corrected chi connectivity index (χ4v) is 18.7. The number of carbonyl (C=O) groups excluding carboxylic acids is 3. The van der Waals surface area contributed by atoms with E-state index in [4.69, 9.17) is 55.9 Å². The van der Waals surface area contributed by atoms with Gasteiger partial charge in [0.2, 0.25) is 0 Å². The second-order valence-electron chi connectivity index (χ2n) is 27.2. The third-order valence-electron chi connectivity index (χ3n) is 18.1. The summed E-state index contributed by atoms with van der Waals surface area (Å²) in [5.41, 5.74) is 2.97. The molecule has 0 radical (unpaired) electrons. The number of nitrogens with one attached hydrogen (secondary N) is 3. The van der Waals surface area contributed by atoms with Gasteiger partial charge in [0, 0.05) is 130 Å². The van der Waals surface area contributed by atoms with Crippen LogP contribution < -0.4 is 16.0 Å². The molecule has 3 aromatic carbocycles. The Bertz CT molecular complexity index is 4500. The molecule has 41 heteroatoms. The number of rotatable bonds is 30. The highest BCUT2D eigenvalue weighted by Crippen LogP contribution is 2.43. The number of thioether (sulfide) groups is 2. The van der Waals surface area contributed by atoms with E-state index in [1.807, 2.05) is 4.90 Å². The van der Waals surface area contributed by atoms with Crippen molar-refractivity contribution < 1.29 is 98.2 Å². The number of carboxylic acid groups (broad SMARTS) is 3. The molecule has 4 unspecified atom stereocenters. The van der Waals surface area contributed by atoms with Crippen LogP contribution in [0.3, 0.4) is 0 Å². The number of thiazole rings is 3. The van der Waals surface area contributed by atoms with E-state index in [2.05, 4.69) is 67.8 Å². The number of amidine groups is 3. The van der Waals surface area contributed by atoms with Crippen LogP contribution >= 0.6 is 101 Å². The van der Waals surface area contributed by atoms with Crippen molar-refractivity contribution >= 4 is 154 Å². The molecule has 0 bridgehead atoms. The summed E-state index contributed by atoms with van der Waals surface area (Å²) >= 11 is 19.3. The van der Waals surface area contributed by atoms with Gasteiger partial charge in [0.25, 0.3) is 11.8 Å². The maximum Gasteiger partial charge on any atom is 0.338 e. The number of esters is 3. The molecule has 624 valence electrons. The largest absolute Gasteiger partial charge is 0.481 e. The van der Waals surface area contributed by atoms with Gasteiger partial charge in [0.1, 0.15) is 48.4 Å². The first-order valence-electron chi connectivity index (χ1n) is 36.1. The van der Waals surface area contributed by atoms with E-state index in [1.165, 1.54) is 81.4 Å². The molecule has 0 aliphatic carbocycles. The fourth-order valence-electron chi connectivity index (χ4n) is 13.9. The van der Waals surface area contributed by atoms with Crippen molar-refractivity contribution in [1.29, 1.82) is 0 Å². The average Bonchev–Trinajstić information content (AvgIpc) is 1.19.